The topological polar surface area (TPSA) is 58.2 Å². The van der Waals surface area contributed by atoms with Crippen molar-refractivity contribution in [3.8, 4) is 0 Å². The third-order valence-electron chi connectivity index (χ3n) is 1.93. The van der Waals surface area contributed by atoms with E-state index in [1.54, 1.807) is 12.1 Å². The highest BCUT2D eigenvalue weighted by Gasteiger charge is 2.04. The van der Waals surface area contributed by atoms with Crippen LogP contribution in [0.15, 0.2) is 24.3 Å². The van der Waals surface area contributed by atoms with Gasteiger partial charge in [-0.2, -0.15) is 0 Å². The third kappa shape index (κ3) is 3.42. The van der Waals surface area contributed by atoms with Crippen LogP contribution in [0, 0.1) is 0 Å². The van der Waals surface area contributed by atoms with Gasteiger partial charge in [0.1, 0.15) is 5.78 Å². The average Bonchev–Trinajstić information content (AvgIpc) is 2.26. The summed E-state index contributed by atoms with van der Waals surface area (Å²) in [6.45, 7) is 1.51. The van der Waals surface area contributed by atoms with Crippen molar-refractivity contribution >= 4 is 17.4 Å². The molecule has 0 bridgehead atoms. The van der Waals surface area contributed by atoms with Crippen LogP contribution in [0.1, 0.15) is 17.3 Å². The molecule has 0 saturated carbocycles. The summed E-state index contributed by atoms with van der Waals surface area (Å²) in [5, 5.41) is 5.48. The SMILES string of the molecule is CNc1ccc(C(=O)NCC(C)=O)cc1. The van der Waals surface area contributed by atoms with Crippen LogP contribution in [0.2, 0.25) is 0 Å². The van der Waals surface area contributed by atoms with Gasteiger partial charge in [0, 0.05) is 18.3 Å². The second-order valence-corrected chi connectivity index (χ2v) is 3.21. The van der Waals surface area contributed by atoms with Crippen molar-refractivity contribution in [3.63, 3.8) is 0 Å². The number of carbonyl (C=O) groups is 2. The van der Waals surface area contributed by atoms with E-state index in [4.69, 9.17) is 0 Å². The molecule has 1 rings (SSSR count). The molecule has 1 aromatic carbocycles. The fourth-order valence-corrected chi connectivity index (χ4v) is 1.10. The number of amides is 1. The van der Waals surface area contributed by atoms with Gasteiger partial charge in [-0.15, -0.1) is 0 Å². The first kappa shape index (κ1) is 11.2. The molecular formula is C11H14N2O2. The second kappa shape index (κ2) is 5.14. The Kier molecular flexibility index (Phi) is 3.85. The lowest BCUT2D eigenvalue weighted by atomic mass is 10.2. The Hall–Kier alpha value is -1.84. The average molecular weight is 206 g/mol. The van der Waals surface area contributed by atoms with E-state index in [2.05, 4.69) is 10.6 Å². The molecule has 0 spiro atoms. The van der Waals surface area contributed by atoms with Gasteiger partial charge in [0.05, 0.1) is 6.54 Å². The van der Waals surface area contributed by atoms with E-state index in [0.29, 0.717) is 5.56 Å². The fourth-order valence-electron chi connectivity index (χ4n) is 1.10. The van der Waals surface area contributed by atoms with Crippen molar-refractivity contribution in [3.05, 3.63) is 29.8 Å². The normalized spacial score (nSPS) is 9.47. The molecule has 0 aliphatic heterocycles. The minimum absolute atomic E-state index is 0.0600. The molecule has 0 fully saturated rings. The minimum atomic E-state index is -0.229. The summed E-state index contributed by atoms with van der Waals surface area (Å²) in [6, 6.07) is 7.04. The largest absolute Gasteiger partial charge is 0.388 e. The van der Waals surface area contributed by atoms with E-state index in [-0.39, 0.29) is 18.2 Å². The van der Waals surface area contributed by atoms with Gasteiger partial charge in [0.15, 0.2) is 0 Å². The summed E-state index contributed by atoms with van der Waals surface area (Å²) in [4.78, 5) is 22.1. The van der Waals surface area contributed by atoms with Crippen LogP contribution in [-0.2, 0) is 4.79 Å². The third-order valence-corrected chi connectivity index (χ3v) is 1.93. The van der Waals surface area contributed by atoms with Crippen molar-refractivity contribution in [2.45, 2.75) is 6.92 Å². The van der Waals surface area contributed by atoms with Crippen molar-refractivity contribution in [1.82, 2.24) is 5.32 Å². The van der Waals surface area contributed by atoms with Crippen molar-refractivity contribution < 1.29 is 9.59 Å². The molecule has 0 aliphatic carbocycles. The minimum Gasteiger partial charge on any atom is -0.388 e. The summed E-state index contributed by atoms with van der Waals surface area (Å²) in [7, 11) is 1.81. The number of rotatable bonds is 4. The maximum absolute atomic E-state index is 11.5. The van der Waals surface area contributed by atoms with Crippen molar-refractivity contribution in [1.29, 1.82) is 0 Å². The number of hydrogen-bond acceptors (Lipinski definition) is 3. The second-order valence-electron chi connectivity index (χ2n) is 3.21. The predicted molar refractivity (Wildman–Crippen MR) is 59.0 cm³/mol. The molecule has 0 heterocycles. The van der Waals surface area contributed by atoms with E-state index in [0.717, 1.165) is 5.69 Å². The fraction of sp³-hybridized carbons (Fsp3) is 0.273. The van der Waals surface area contributed by atoms with E-state index in [1.165, 1.54) is 6.92 Å². The first-order valence-electron chi connectivity index (χ1n) is 4.69. The highest BCUT2D eigenvalue weighted by Crippen LogP contribution is 2.08. The lowest BCUT2D eigenvalue weighted by Gasteiger charge is -2.04. The lowest BCUT2D eigenvalue weighted by Crippen LogP contribution is -2.28. The smallest absolute Gasteiger partial charge is 0.251 e. The van der Waals surface area contributed by atoms with Gasteiger partial charge >= 0.3 is 0 Å². The van der Waals surface area contributed by atoms with Crippen molar-refractivity contribution in [2.75, 3.05) is 18.9 Å². The Labute approximate surface area is 88.7 Å². The summed E-state index contributed by atoms with van der Waals surface area (Å²) in [5.41, 5.74) is 1.49. The Balaban J connectivity index is 2.62. The van der Waals surface area contributed by atoms with E-state index >= 15 is 0 Å². The number of hydrogen-bond donors (Lipinski definition) is 2. The summed E-state index contributed by atoms with van der Waals surface area (Å²) in [6.07, 6.45) is 0. The standard InChI is InChI=1S/C11H14N2O2/c1-8(14)7-13-11(15)9-3-5-10(12-2)6-4-9/h3-6,12H,7H2,1-2H3,(H,13,15). The molecule has 4 heteroatoms. The Morgan fingerprint density at radius 1 is 1.20 bits per heavy atom. The number of benzene rings is 1. The van der Waals surface area contributed by atoms with Gasteiger partial charge in [-0.1, -0.05) is 0 Å². The Morgan fingerprint density at radius 2 is 1.80 bits per heavy atom. The summed E-state index contributed by atoms with van der Waals surface area (Å²) < 4.78 is 0. The molecular weight excluding hydrogens is 192 g/mol. The molecule has 15 heavy (non-hydrogen) atoms. The van der Waals surface area contributed by atoms with E-state index in [9.17, 15) is 9.59 Å². The van der Waals surface area contributed by atoms with E-state index in [1.807, 2.05) is 19.2 Å². The zero-order chi connectivity index (χ0) is 11.3. The van der Waals surface area contributed by atoms with Gasteiger partial charge in [-0.3, -0.25) is 9.59 Å². The molecule has 80 valence electrons. The molecule has 2 N–H and O–H groups in total. The number of ketones is 1. The van der Waals surface area contributed by atoms with Crippen LogP contribution in [0.5, 0.6) is 0 Å². The highest BCUT2D eigenvalue weighted by molar-refractivity contribution is 5.96. The zero-order valence-electron chi connectivity index (χ0n) is 8.83. The molecule has 4 nitrogen and oxygen atoms in total. The number of Topliss-reactive ketones (excluding diaryl/α,β-unsaturated/α-hetero) is 1. The van der Waals surface area contributed by atoms with Crippen LogP contribution >= 0.6 is 0 Å². The van der Waals surface area contributed by atoms with Crippen LogP contribution in [0.4, 0.5) is 5.69 Å². The van der Waals surface area contributed by atoms with Gasteiger partial charge < -0.3 is 10.6 Å². The first-order chi connectivity index (χ1) is 7.13. The highest BCUT2D eigenvalue weighted by atomic mass is 16.2. The van der Waals surface area contributed by atoms with Crippen LogP contribution < -0.4 is 10.6 Å². The maximum Gasteiger partial charge on any atom is 0.251 e. The van der Waals surface area contributed by atoms with Crippen LogP contribution in [0.25, 0.3) is 0 Å². The molecule has 0 saturated heterocycles. The molecule has 0 atom stereocenters. The number of nitrogens with one attached hydrogen (secondary N) is 2. The molecule has 0 aromatic heterocycles. The van der Waals surface area contributed by atoms with E-state index < -0.39 is 0 Å². The maximum atomic E-state index is 11.5. The zero-order valence-corrected chi connectivity index (χ0v) is 8.83. The number of carbonyl (C=O) groups excluding carboxylic acids is 2. The quantitative estimate of drug-likeness (QED) is 0.774. The summed E-state index contributed by atoms with van der Waals surface area (Å²) in [5.74, 6) is -0.289. The van der Waals surface area contributed by atoms with Crippen LogP contribution in [-0.4, -0.2) is 25.3 Å². The molecule has 1 amide bonds. The Morgan fingerprint density at radius 3 is 2.27 bits per heavy atom. The Bertz CT molecular complexity index is 357. The van der Waals surface area contributed by atoms with Gasteiger partial charge in [0.2, 0.25) is 0 Å². The lowest BCUT2D eigenvalue weighted by molar-refractivity contribution is -0.116. The van der Waals surface area contributed by atoms with Crippen LogP contribution in [0.3, 0.4) is 0 Å². The van der Waals surface area contributed by atoms with Gasteiger partial charge in [-0.25, -0.2) is 0 Å². The monoisotopic (exact) mass is 206 g/mol. The molecule has 0 unspecified atom stereocenters. The predicted octanol–water partition coefficient (Wildman–Crippen LogP) is 1.05. The number of anilines is 1. The first-order valence-corrected chi connectivity index (χ1v) is 4.69. The van der Waals surface area contributed by atoms with Gasteiger partial charge in [-0.05, 0) is 31.2 Å². The summed E-state index contributed by atoms with van der Waals surface area (Å²) >= 11 is 0. The van der Waals surface area contributed by atoms with Gasteiger partial charge in [0.25, 0.3) is 5.91 Å². The molecule has 1 aromatic rings. The van der Waals surface area contributed by atoms with Crippen molar-refractivity contribution in [2.24, 2.45) is 0 Å². The molecule has 0 radical (unpaired) electrons. The molecule has 0 aliphatic rings.